The maximum absolute atomic E-state index is 12.3. The second kappa shape index (κ2) is 6.23. The highest BCUT2D eigenvalue weighted by Gasteiger charge is 2.23. The van der Waals surface area contributed by atoms with E-state index >= 15 is 0 Å². The van der Waals surface area contributed by atoms with Crippen molar-refractivity contribution in [1.29, 1.82) is 0 Å². The van der Waals surface area contributed by atoms with E-state index in [2.05, 4.69) is 4.72 Å². The lowest BCUT2D eigenvalue weighted by molar-refractivity contribution is -0.141. The van der Waals surface area contributed by atoms with Crippen molar-refractivity contribution in [3.05, 3.63) is 22.8 Å². The minimum Gasteiger partial charge on any atom is -0.465 e. The monoisotopic (exact) mass is 300 g/mol. The van der Waals surface area contributed by atoms with Crippen LogP contribution in [-0.4, -0.2) is 27.5 Å². The Morgan fingerprint density at radius 3 is 2.45 bits per heavy atom. The third kappa shape index (κ3) is 3.49. The molecule has 0 atom stereocenters. The van der Waals surface area contributed by atoms with Crippen molar-refractivity contribution >= 4 is 21.7 Å². The van der Waals surface area contributed by atoms with Crippen LogP contribution in [0.2, 0.25) is 0 Å². The average Bonchev–Trinajstić information content (AvgIpc) is 2.35. The molecule has 0 aliphatic carbocycles. The Kier molecular flexibility index (Phi) is 5.13. The maximum Gasteiger partial charge on any atom is 0.321 e. The molecule has 0 saturated carbocycles. The number of anilines is 1. The number of carbonyl (C=O) groups is 1. The van der Waals surface area contributed by atoms with Crippen LogP contribution < -0.4 is 10.5 Å². The van der Waals surface area contributed by atoms with E-state index in [0.717, 1.165) is 5.56 Å². The first-order valence-corrected chi connectivity index (χ1v) is 7.70. The highest BCUT2D eigenvalue weighted by molar-refractivity contribution is 7.89. The van der Waals surface area contributed by atoms with Crippen molar-refractivity contribution in [2.45, 2.75) is 32.6 Å². The van der Waals surface area contributed by atoms with Crippen LogP contribution >= 0.6 is 0 Å². The molecule has 3 N–H and O–H groups in total. The summed E-state index contributed by atoms with van der Waals surface area (Å²) in [5.41, 5.74) is 8.09. The average molecular weight is 300 g/mol. The second-order valence-corrected chi connectivity index (χ2v) is 6.20. The van der Waals surface area contributed by atoms with Gasteiger partial charge >= 0.3 is 5.97 Å². The first-order valence-electron chi connectivity index (χ1n) is 6.22. The lowest BCUT2D eigenvalue weighted by Crippen LogP contribution is -2.32. The van der Waals surface area contributed by atoms with Gasteiger partial charge in [0.15, 0.2) is 0 Å². The zero-order valence-corrected chi connectivity index (χ0v) is 12.9. The molecule has 0 aliphatic heterocycles. The van der Waals surface area contributed by atoms with E-state index in [1.54, 1.807) is 33.8 Å². The molecule has 0 aromatic heterocycles. The molecule has 0 radical (unpaired) electrons. The van der Waals surface area contributed by atoms with Gasteiger partial charge in [-0.1, -0.05) is 0 Å². The third-order valence-electron chi connectivity index (χ3n) is 3.06. The minimum absolute atomic E-state index is 0.124. The second-order valence-electron chi connectivity index (χ2n) is 4.49. The Hall–Kier alpha value is -1.60. The molecular formula is C13H20N2O4S. The SMILES string of the molecule is CCOC(=O)CNS(=O)(=O)c1c(C)c(C)cc(N)c1C. The largest absolute Gasteiger partial charge is 0.465 e. The van der Waals surface area contributed by atoms with E-state index in [9.17, 15) is 13.2 Å². The molecular weight excluding hydrogens is 280 g/mol. The van der Waals surface area contributed by atoms with Crippen molar-refractivity contribution in [3.63, 3.8) is 0 Å². The Labute approximate surface area is 119 Å². The summed E-state index contributed by atoms with van der Waals surface area (Å²) < 4.78 is 31.6. The molecule has 0 aliphatic rings. The van der Waals surface area contributed by atoms with Gasteiger partial charge in [0.05, 0.1) is 11.5 Å². The summed E-state index contributed by atoms with van der Waals surface area (Å²) in [6, 6.07) is 1.73. The van der Waals surface area contributed by atoms with Gasteiger partial charge in [0.1, 0.15) is 6.54 Å². The van der Waals surface area contributed by atoms with Crippen LogP contribution in [0.1, 0.15) is 23.6 Å². The van der Waals surface area contributed by atoms with Crippen LogP contribution in [0.4, 0.5) is 5.69 Å². The summed E-state index contributed by atoms with van der Waals surface area (Å²) in [7, 11) is -3.81. The van der Waals surface area contributed by atoms with E-state index in [-0.39, 0.29) is 11.5 Å². The first kappa shape index (κ1) is 16.5. The van der Waals surface area contributed by atoms with Gasteiger partial charge in [-0.3, -0.25) is 4.79 Å². The van der Waals surface area contributed by atoms with Crippen LogP contribution in [0.25, 0.3) is 0 Å². The fourth-order valence-electron chi connectivity index (χ4n) is 1.88. The zero-order valence-electron chi connectivity index (χ0n) is 12.1. The van der Waals surface area contributed by atoms with Gasteiger partial charge < -0.3 is 10.5 Å². The molecule has 1 rings (SSSR count). The van der Waals surface area contributed by atoms with E-state index in [1.807, 2.05) is 0 Å². The molecule has 112 valence electrons. The summed E-state index contributed by atoms with van der Waals surface area (Å²) in [6.07, 6.45) is 0. The third-order valence-corrected chi connectivity index (χ3v) is 4.73. The van der Waals surface area contributed by atoms with Crippen molar-refractivity contribution in [2.24, 2.45) is 0 Å². The van der Waals surface area contributed by atoms with Gasteiger partial charge in [0.25, 0.3) is 0 Å². The Morgan fingerprint density at radius 2 is 1.90 bits per heavy atom. The predicted molar refractivity (Wildman–Crippen MR) is 76.9 cm³/mol. The number of benzene rings is 1. The number of hydrogen-bond donors (Lipinski definition) is 2. The fourth-order valence-corrected chi connectivity index (χ4v) is 3.42. The number of carbonyl (C=O) groups excluding carboxylic acids is 1. The molecule has 20 heavy (non-hydrogen) atoms. The summed E-state index contributed by atoms with van der Waals surface area (Å²) in [6.45, 7) is 6.60. The van der Waals surface area contributed by atoms with E-state index in [0.29, 0.717) is 16.8 Å². The number of ether oxygens (including phenoxy) is 1. The van der Waals surface area contributed by atoms with Gasteiger partial charge in [-0.2, -0.15) is 4.72 Å². The van der Waals surface area contributed by atoms with Gasteiger partial charge in [0.2, 0.25) is 10.0 Å². The predicted octanol–water partition coefficient (Wildman–Crippen LogP) is 1.04. The maximum atomic E-state index is 12.3. The molecule has 6 nitrogen and oxygen atoms in total. The lowest BCUT2D eigenvalue weighted by atomic mass is 10.1. The van der Waals surface area contributed by atoms with E-state index in [1.165, 1.54) is 0 Å². The molecule has 1 aromatic rings. The summed E-state index contributed by atoms with van der Waals surface area (Å²) in [5.74, 6) is -0.619. The number of nitrogens with two attached hydrogens (primary N) is 1. The summed E-state index contributed by atoms with van der Waals surface area (Å²) >= 11 is 0. The highest BCUT2D eigenvalue weighted by Crippen LogP contribution is 2.27. The lowest BCUT2D eigenvalue weighted by Gasteiger charge is -2.15. The van der Waals surface area contributed by atoms with E-state index < -0.39 is 22.5 Å². The Balaban J connectivity index is 3.14. The van der Waals surface area contributed by atoms with Crippen LogP contribution in [0, 0.1) is 20.8 Å². The Bertz CT molecular complexity index is 597. The van der Waals surface area contributed by atoms with Crippen molar-refractivity contribution in [2.75, 3.05) is 18.9 Å². The summed E-state index contributed by atoms with van der Waals surface area (Å²) in [4.78, 5) is 11.4. The number of esters is 1. The van der Waals surface area contributed by atoms with Crippen LogP contribution in [0.5, 0.6) is 0 Å². The zero-order chi connectivity index (χ0) is 15.5. The van der Waals surface area contributed by atoms with Gasteiger partial charge in [-0.15, -0.1) is 0 Å². The number of aryl methyl sites for hydroxylation is 1. The number of hydrogen-bond acceptors (Lipinski definition) is 5. The fraction of sp³-hybridized carbons (Fsp3) is 0.462. The normalized spacial score (nSPS) is 11.4. The minimum atomic E-state index is -3.81. The molecule has 0 bridgehead atoms. The first-order chi connectivity index (χ1) is 9.20. The molecule has 0 fully saturated rings. The summed E-state index contributed by atoms with van der Waals surface area (Å²) in [5, 5.41) is 0. The topological polar surface area (TPSA) is 98.5 Å². The highest BCUT2D eigenvalue weighted by atomic mass is 32.2. The molecule has 0 spiro atoms. The van der Waals surface area contributed by atoms with Crippen LogP contribution in [-0.2, 0) is 19.6 Å². The molecule has 0 unspecified atom stereocenters. The van der Waals surface area contributed by atoms with Gasteiger partial charge in [-0.25, -0.2) is 8.42 Å². The van der Waals surface area contributed by atoms with E-state index in [4.69, 9.17) is 10.5 Å². The molecule has 0 amide bonds. The smallest absolute Gasteiger partial charge is 0.321 e. The standard InChI is InChI=1S/C13H20N2O4S/c1-5-19-12(16)7-15-20(17,18)13-9(3)8(2)6-11(14)10(13)4/h6,15H,5,7,14H2,1-4H3. The molecule has 0 heterocycles. The number of nitrogens with one attached hydrogen (secondary N) is 1. The molecule has 0 saturated heterocycles. The molecule has 1 aromatic carbocycles. The number of sulfonamides is 1. The van der Waals surface area contributed by atoms with Crippen molar-refractivity contribution < 1.29 is 17.9 Å². The van der Waals surface area contributed by atoms with Gasteiger partial charge in [-0.05, 0) is 50.5 Å². The van der Waals surface area contributed by atoms with Crippen molar-refractivity contribution in [3.8, 4) is 0 Å². The van der Waals surface area contributed by atoms with Gasteiger partial charge in [0, 0.05) is 5.69 Å². The number of rotatable bonds is 5. The molecule has 7 heteroatoms. The Morgan fingerprint density at radius 1 is 1.30 bits per heavy atom. The van der Waals surface area contributed by atoms with Crippen molar-refractivity contribution in [1.82, 2.24) is 4.72 Å². The number of nitrogen functional groups attached to an aromatic ring is 1. The van der Waals surface area contributed by atoms with Crippen LogP contribution in [0.3, 0.4) is 0 Å². The van der Waals surface area contributed by atoms with Crippen LogP contribution in [0.15, 0.2) is 11.0 Å². The quantitative estimate of drug-likeness (QED) is 0.625.